The summed E-state index contributed by atoms with van der Waals surface area (Å²) in [5.41, 5.74) is 0.484. The molecule has 0 nitrogen and oxygen atoms in total. The molecule has 0 aromatic rings. The van der Waals surface area contributed by atoms with Crippen LogP contribution in [0.5, 0.6) is 0 Å². The zero-order valence-corrected chi connectivity index (χ0v) is 10.5. The van der Waals surface area contributed by atoms with E-state index < -0.39 is 0 Å². The molecule has 0 aliphatic carbocycles. The van der Waals surface area contributed by atoms with Gasteiger partial charge in [-0.25, -0.2) is 0 Å². The minimum atomic E-state index is 0.484. The molecule has 74 valence electrons. The van der Waals surface area contributed by atoms with Gasteiger partial charge in [-0.3, -0.25) is 0 Å². The molecule has 0 saturated carbocycles. The van der Waals surface area contributed by atoms with E-state index in [-0.39, 0.29) is 0 Å². The molecule has 0 heterocycles. The Balaban J connectivity index is 3.93. The number of rotatable bonds is 6. The van der Waals surface area contributed by atoms with Gasteiger partial charge in [0.25, 0.3) is 0 Å². The summed E-state index contributed by atoms with van der Waals surface area (Å²) in [5.74, 6) is 2.29. The molecule has 0 aromatic carbocycles. The summed E-state index contributed by atoms with van der Waals surface area (Å²) in [6.07, 6.45) is 2.51. The van der Waals surface area contributed by atoms with Crippen LogP contribution in [0.1, 0.15) is 40.5 Å². The quantitative estimate of drug-likeness (QED) is 0.644. The van der Waals surface area contributed by atoms with Crippen LogP contribution in [0.4, 0.5) is 0 Å². The predicted molar refractivity (Wildman–Crippen MR) is 64.5 cm³/mol. The molecule has 12 heavy (non-hydrogen) atoms. The van der Waals surface area contributed by atoms with Crippen molar-refractivity contribution in [1.82, 2.24) is 0 Å². The van der Waals surface area contributed by atoms with E-state index in [0.717, 1.165) is 11.0 Å². The lowest BCUT2D eigenvalue weighted by Gasteiger charge is -2.30. The van der Waals surface area contributed by atoms with Crippen LogP contribution in [0, 0.1) is 5.41 Å². The molecule has 0 rings (SSSR count). The Labute approximate surface area is 87.3 Å². The summed E-state index contributed by atoms with van der Waals surface area (Å²) in [7, 11) is 0. The molecular weight excluding hydrogens is 184 g/mol. The molecule has 0 aliphatic heterocycles. The highest BCUT2D eigenvalue weighted by molar-refractivity contribution is 7.99. The van der Waals surface area contributed by atoms with Gasteiger partial charge in [0.15, 0.2) is 0 Å². The minimum absolute atomic E-state index is 0.484. The SMILES string of the molecule is CCC(CC)(CS)CSC(C)C. The smallest absolute Gasteiger partial charge is 0.0000619 e. The van der Waals surface area contributed by atoms with Crippen LogP contribution in [0.25, 0.3) is 0 Å². The third-order valence-electron chi connectivity index (χ3n) is 2.56. The number of thioether (sulfide) groups is 1. The number of hydrogen-bond acceptors (Lipinski definition) is 2. The predicted octanol–water partition coefficient (Wildman–Crippen LogP) is 3.86. The van der Waals surface area contributed by atoms with Gasteiger partial charge in [0, 0.05) is 0 Å². The van der Waals surface area contributed by atoms with E-state index in [1.807, 2.05) is 0 Å². The first-order valence-electron chi connectivity index (χ1n) is 4.82. The van der Waals surface area contributed by atoms with Crippen LogP contribution in [0.3, 0.4) is 0 Å². The number of thiol groups is 1. The molecule has 0 atom stereocenters. The van der Waals surface area contributed by atoms with E-state index in [9.17, 15) is 0 Å². The molecule has 0 aromatic heterocycles. The van der Waals surface area contributed by atoms with Crippen molar-refractivity contribution >= 4 is 24.4 Å². The van der Waals surface area contributed by atoms with E-state index in [0.29, 0.717) is 5.41 Å². The molecule has 2 heteroatoms. The second kappa shape index (κ2) is 6.20. The first-order chi connectivity index (χ1) is 5.60. The highest BCUT2D eigenvalue weighted by atomic mass is 32.2. The zero-order valence-electron chi connectivity index (χ0n) is 8.76. The summed E-state index contributed by atoms with van der Waals surface area (Å²) in [4.78, 5) is 0. The van der Waals surface area contributed by atoms with Gasteiger partial charge in [-0.2, -0.15) is 24.4 Å². The Morgan fingerprint density at radius 2 is 1.75 bits per heavy atom. The van der Waals surface area contributed by atoms with Gasteiger partial charge in [-0.1, -0.05) is 27.7 Å². The van der Waals surface area contributed by atoms with Crippen LogP contribution >= 0.6 is 24.4 Å². The van der Waals surface area contributed by atoms with Gasteiger partial charge in [0.05, 0.1) is 0 Å². The fourth-order valence-corrected chi connectivity index (χ4v) is 2.97. The lowest BCUT2D eigenvalue weighted by atomic mass is 9.87. The molecular formula is C10H22S2. The van der Waals surface area contributed by atoms with Crippen LogP contribution in [-0.4, -0.2) is 16.8 Å². The molecule has 0 N–H and O–H groups in total. The first kappa shape index (κ1) is 12.7. The Morgan fingerprint density at radius 3 is 2.00 bits per heavy atom. The monoisotopic (exact) mass is 206 g/mol. The topological polar surface area (TPSA) is 0 Å². The average molecular weight is 206 g/mol. The minimum Gasteiger partial charge on any atom is -0.179 e. The maximum absolute atomic E-state index is 4.45. The van der Waals surface area contributed by atoms with Crippen LogP contribution in [0.2, 0.25) is 0 Å². The third kappa shape index (κ3) is 4.08. The lowest BCUT2D eigenvalue weighted by molar-refractivity contribution is 0.357. The molecule has 0 saturated heterocycles. The van der Waals surface area contributed by atoms with Crippen molar-refractivity contribution in [3.8, 4) is 0 Å². The summed E-state index contributed by atoms with van der Waals surface area (Å²) >= 11 is 6.51. The largest absolute Gasteiger partial charge is 0.179 e. The lowest BCUT2D eigenvalue weighted by Crippen LogP contribution is -2.24. The second-order valence-electron chi connectivity index (χ2n) is 3.72. The molecule has 0 fully saturated rings. The Morgan fingerprint density at radius 1 is 1.25 bits per heavy atom. The van der Waals surface area contributed by atoms with E-state index in [1.54, 1.807) is 0 Å². The molecule has 0 aliphatic rings. The van der Waals surface area contributed by atoms with Gasteiger partial charge >= 0.3 is 0 Å². The maximum Gasteiger partial charge on any atom is -0.0000619 e. The average Bonchev–Trinajstić information content (AvgIpc) is 2.08. The second-order valence-corrected chi connectivity index (χ2v) is 5.61. The van der Waals surface area contributed by atoms with Crippen LogP contribution in [0.15, 0.2) is 0 Å². The molecule has 0 radical (unpaired) electrons. The summed E-state index contributed by atoms with van der Waals surface area (Å²) < 4.78 is 0. The number of hydrogen-bond donors (Lipinski definition) is 1. The molecule has 0 unspecified atom stereocenters. The fourth-order valence-electron chi connectivity index (χ4n) is 1.07. The highest BCUT2D eigenvalue weighted by Crippen LogP contribution is 2.33. The zero-order chi connectivity index (χ0) is 9.61. The van der Waals surface area contributed by atoms with Crippen molar-refractivity contribution in [1.29, 1.82) is 0 Å². The van der Waals surface area contributed by atoms with Crippen molar-refractivity contribution in [2.75, 3.05) is 11.5 Å². The summed E-state index contributed by atoms with van der Waals surface area (Å²) in [6, 6.07) is 0. The van der Waals surface area contributed by atoms with Crippen molar-refractivity contribution in [2.45, 2.75) is 45.8 Å². The molecule has 0 bridgehead atoms. The standard InChI is InChI=1S/C10H22S2/c1-5-10(6-2,7-11)8-12-9(3)4/h9,11H,5-8H2,1-4H3. The Kier molecular flexibility index (Phi) is 6.56. The van der Waals surface area contributed by atoms with E-state index >= 15 is 0 Å². The Hall–Kier alpha value is 0.700. The highest BCUT2D eigenvalue weighted by Gasteiger charge is 2.24. The summed E-state index contributed by atoms with van der Waals surface area (Å²) in [6.45, 7) is 9.08. The van der Waals surface area contributed by atoms with E-state index in [4.69, 9.17) is 0 Å². The maximum atomic E-state index is 4.45. The van der Waals surface area contributed by atoms with Gasteiger partial charge < -0.3 is 0 Å². The van der Waals surface area contributed by atoms with Crippen LogP contribution < -0.4 is 0 Å². The van der Waals surface area contributed by atoms with Crippen LogP contribution in [-0.2, 0) is 0 Å². The van der Waals surface area contributed by atoms with E-state index in [2.05, 4.69) is 52.1 Å². The van der Waals surface area contributed by atoms with Crippen molar-refractivity contribution in [3.05, 3.63) is 0 Å². The van der Waals surface area contributed by atoms with Gasteiger partial charge in [0.2, 0.25) is 0 Å². The van der Waals surface area contributed by atoms with Gasteiger partial charge in [-0.15, -0.1) is 0 Å². The molecule has 0 amide bonds. The van der Waals surface area contributed by atoms with Gasteiger partial charge in [0.1, 0.15) is 0 Å². The van der Waals surface area contributed by atoms with E-state index in [1.165, 1.54) is 18.6 Å². The first-order valence-corrected chi connectivity index (χ1v) is 6.50. The normalized spacial score (nSPS) is 12.5. The molecule has 0 spiro atoms. The fraction of sp³-hybridized carbons (Fsp3) is 1.00. The summed E-state index contributed by atoms with van der Waals surface area (Å²) in [5, 5.41) is 0.752. The third-order valence-corrected chi connectivity index (χ3v) is 4.67. The van der Waals surface area contributed by atoms with Gasteiger partial charge in [-0.05, 0) is 35.0 Å². The Bertz CT molecular complexity index is 98.1. The van der Waals surface area contributed by atoms with Crippen molar-refractivity contribution < 1.29 is 0 Å². The van der Waals surface area contributed by atoms with Crippen molar-refractivity contribution in [3.63, 3.8) is 0 Å². The van der Waals surface area contributed by atoms with Crippen molar-refractivity contribution in [2.24, 2.45) is 5.41 Å².